The van der Waals surface area contributed by atoms with Crippen LogP contribution in [0.15, 0.2) is 12.4 Å². The number of rotatable bonds is 4. The first-order chi connectivity index (χ1) is 5.75. The maximum absolute atomic E-state index is 11.4. The molecule has 0 aliphatic heterocycles. The van der Waals surface area contributed by atoms with E-state index in [0.717, 1.165) is 5.75 Å². The van der Waals surface area contributed by atoms with Crippen molar-refractivity contribution in [1.82, 2.24) is 9.55 Å². The van der Waals surface area contributed by atoms with Crippen LogP contribution in [0.3, 0.4) is 0 Å². The molecule has 0 unspecified atom stereocenters. The van der Waals surface area contributed by atoms with Gasteiger partial charge in [0.15, 0.2) is 11.6 Å². The summed E-state index contributed by atoms with van der Waals surface area (Å²) in [5, 5.41) is 0. The quantitative estimate of drug-likeness (QED) is 0.663. The Balaban J connectivity index is 2.59. The maximum atomic E-state index is 11.4. The van der Waals surface area contributed by atoms with E-state index in [9.17, 15) is 4.79 Å². The Kier molecular flexibility index (Phi) is 3.34. The summed E-state index contributed by atoms with van der Waals surface area (Å²) in [6, 6.07) is 0. The Bertz CT molecular complexity index is 270. The van der Waals surface area contributed by atoms with Crippen LogP contribution >= 0.6 is 11.8 Å². The van der Waals surface area contributed by atoms with Crippen molar-refractivity contribution in [2.75, 3.05) is 12.0 Å². The molecule has 0 radical (unpaired) electrons. The van der Waals surface area contributed by atoms with Crippen LogP contribution in [-0.2, 0) is 7.05 Å². The fraction of sp³-hybridized carbons (Fsp3) is 0.500. The number of carbonyl (C=O) groups is 1. The van der Waals surface area contributed by atoms with Crippen LogP contribution in [0.5, 0.6) is 0 Å². The van der Waals surface area contributed by atoms with Crippen LogP contribution in [-0.4, -0.2) is 27.3 Å². The number of carbonyl (C=O) groups excluding carboxylic acids is 1. The van der Waals surface area contributed by atoms with Crippen LogP contribution in [0.2, 0.25) is 0 Å². The molecule has 0 aliphatic rings. The molecule has 4 heteroatoms. The maximum Gasteiger partial charge on any atom is 0.199 e. The van der Waals surface area contributed by atoms with Gasteiger partial charge < -0.3 is 4.57 Å². The average molecular weight is 184 g/mol. The zero-order chi connectivity index (χ0) is 8.97. The van der Waals surface area contributed by atoms with Gasteiger partial charge in [-0.3, -0.25) is 4.79 Å². The molecule has 0 saturated heterocycles. The molecule has 1 rings (SSSR count). The fourth-order valence-corrected chi connectivity index (χ4v) is 1.33. The summed E-state index contributed by atoms with van der Waals surface area (Å²) in [4.78, 5) is 15.4. The van der Waals surface area contributed by atoms with Crippen LogP contribution in [0.25, 0.3) is 0 Å². The molecular formula is C8H12N2OS. The Morgan fingerprint density at radius 2 is 2.50 bits per heavy atom. The molecule has 12 heavy (non-hydrogen) atoms. The van der Waals surface area contributed by atoms with Gasteiger partial charge in [0, 0.05) is 31.6 Å². The molecule has 0 fully saturated rings. The van der Waals surface area contributed by atoms with Crippen molar-refractivity contribution >= 4 is 17.5 Å². The van der Waals surface area contributed by atoms with Gasteiger partial charge in [0.1, 0.15) is 0 Å². The Hall–Kier alpha value is -0.770. The molecule has 0 N–H and O–H groups in total. The van der Waals surface area contributed by atoms with Crippen LogP contribution in [0, 0.1) is 0 Å². The molecule has 1 heterocycles. The predicted octanol–water partition coefficient (Wildman–Crippen LogP) is 1.36. The standard InChI is InChI=1S/C8H12N2OS/c1-10-5-4-9-8(10)7(11)3-6-12-2/h4-5H,3,6H2,1-2H3. The lowest BCUT2D eigenvalue weighted by atomic mass is 10.3. The minimum Gasteiger partial charge on any atom is -0.332 e. The Labute approximate surface area is 76.2 Å². The zero-order valence-corrected chi connectivity index (χ0v) is 8.10. The molecule has 0 atom stereocenters. The van der Waals surface area contributed by atoms with Crippen molar-refractivity contribution in [3.8, 4) is 0 Å². The number of aromatic nitrogens is 2. The minimum atomic E-state index is 0.122. The first kappa shape index (κ1) is 9.32. The lowest BCUT2D eigenvalue weighted by molar-refractivity contribution is 0.0976. The van der Waals surface area contributed by atoms with Crippen molar-refractivity contribution in [2.24, 2.45) is 7.05 Å². The van der Waals surface area contributed by atoms with Crippen molar-refractivity contribution in [3.63, 3.8) is 0 Å². The second-order valence-electron chi connectivity index (χ2n) is 2.53. The fourth-order valence-electron chi connectivity index (χ4n) is 0.941. The highest BCUT2D eigenvalue weighted by molar-refractivity contribution is 7.98. The number of nitrogens with zero attached hydrogens (tertiary/aromatic N) is 2. The van der Waals surface area contributed by atoms with Gasteiger partial charge in [-0.05, 0) is 6.26 Å². The second kappa shape index (κ2) is 4.30. The van der Waals surface area contributed by atoms with Crippen molar-refractivity contribution in [1.29, 1.82) is 0 Å². The average Bonchev–Trinajstić information content (AvgIpc) is 2.47. The van der Waals surface area contributed by atoms with Gasteiger partial charge in [0.2, 0.25) is 0 Å². The normalized spacial score (nSPS) is 10.2. The van der Waals surface area contributed by atoms with Crippen molar-refractivity contribution in [3.05, 3.63) is 18.2 Å². The molecule has 0 saturated carbocycles. The van der Waals surface area contributed by atoms with Gasteiger partial charge in [-0.2, -0.15) is 11.8 Å². The summed E-state index contributed by atoms with van der Waals surface area (Å²) in [6.07, 6.45) is 6.00. The summed E-state index contributed by atoms with van der Waals surface area (Å²) in [5.74, 6) is 1.55. The molecule has 66 valence electrons. The molecule has 0 aromatic carbocycles. The van der Waals surface area contributed by atoms with Crippen molar-refractivity contribution < 1.29 is 4.79 Å². The summed E-state index contributed by atoms with van der Waals surface area (Å²) < 4.78 is 1.75. The van der Waals surface area contributed by atoms with Gasteiger partial charge in [-0.15, -0.1) is 0 Å². The topological polar surface area (TPSA) is 34.9 Å². The molecule has 3 nitrogen and oxygen atoms in total. The molecule has 0 bridgehead atoms. The van der Waals surface area contributed by atoms with Gasteiger partial charge in [-0.25, -0.2) is 4.98 Å². The smallest absolute Gasteiger partial charge is 0.199 e. The third-order valence-corrected chi connectivity index (χ3v) is 2.22. The van der Waals surface area contributed by atoms with E-state index in [-0.39, 0.29) is 5.78 Å². The SMILES string of the molecule is CSCCC(=O)c1nccn1C. The molecule has 1 aromatic rings. The predicted molar refractivity (Wildman–Crippen MR) is 50.5 cm³/mol. The summed E-state index contributed by atoms with van der Waals surface area (Å²) >= 11 is 1.68. The van der Waals surface area contributed by atoms with Crippen LogP contribution in [0.4, 0.5) is 0 Å². The first-order valence-corrected chi connectivity index (χ1v) is 5.14. The number of aryl methyl sites for hydroxylation is 1. The lowest BCUT2D eigenvalue weighted by Gasteiger charge is -1.98. The van der Waals surface area contributed by atoms with Gasteiger partial charge in [0.05, 0.1) is 0 Å². The summed E-state index contributed by atoms with van der Waals surface area (Å²) in [6.45, 7) is 0. The number of ketones is 1. The number of hydrogen-bond donors (Lipinski definition) is 0. The first-order valence-electron chi connectivity index (χ1n) is 3.75. The third-order valence-electron chi connectivity index (χ3n) is 1.60. The van der Waals surface area contributed by atoms with E-state index in [0.29, 0.717) is 12.2 Å². The van der Waals surface area contributed by atoms with E-state index < -0.39 is 0 Å². The molecule has 0 spiro atoms. The van der Waals surface area contributed by atoms with E-state index in [1.165, 1.54) is 0 Å². The molecular weight excluding hydrogens is 172 g/mol. The zero-order valence-electron chi connectivity index (χ0n) is 7.28. The van der Waals surface area contributed by atoms with Crippen LogP contribution in [0.1, 0.15) is 17.0 Å². The number of thioether (sulfide) groups is 1. The van der Waals surface area contributed by atoms with E-state index in [4.69, 9.17) is 0 Å². The van der Waals surface area contributed by atoms with E-state index in [2.05, 4.69) is 4.98 Å². The molecule has 0 aliphatic carbocycles. The molecule has 0 amide bonds. The highest BCUT2D eigenvalue weighted by Crippen LogP contribution is 2.03. The second-order valence-corrected chi connectivity index (χ2v) is 3.51. The van der Waals surface area contributed by atoms with E-state index in [1.807, 2.05) is 13.3 Å². The largest absolute Gasteiger partial charge is 0.332 e. The summed E-state index contributed by atoms with van der Waals surface area (Å²) in [7, 11) is 1.83. The van der Waals surface area contributed by atoms with Gasteiger partial charge in [0.25, 0.3) is 0 Å². The Morgan fingerprint density at radius 3 is 3.00 bits per heavy atom. The van der Waals surface area contributed by atoms with Gasteiger partial charge >= 0.3 is 0 Å². The minimum absolute atomic E-state index is 0.122. The highest BCUT2D eigenvalue weighted by atomic mass is 32.2. The molecule has 1 aromatic heterocycles. The Morgan fingerprint density at radius 1 is 1.75 bits per heavy atom. The lowest BCUT2D eigenvalue weighted by Crippen LogP contribution is -2.07. The number of hydrogen-bond acceptors (Lipinski definition) is 3. The highest BCUT2D eigenvalue weighted by Gasteiger charge is 2.09. The monoisotopic (exact) mass is 184 g/mol. The van der Waals surface area contributed by atoms with Crippen molar-refractivity contribution in [2.45, 2.75) is 6.42 Å². The number of imidazole rings is 1. The summed E-state index contributed by atoms with van der Waals surface area (Å²) in [5.41, 5.74) is 0. The van der Waals surface area contributed by atoms with E-state index >= 15 is 0 Å². The van der Waals surface area contributed by atoms with Crippen LogP contribution < -0.4 is 0 Å². The van der Waals surface area contributed by atoms with Gasteiger partial charge in [-0.1, -0.05) is 0 Å². The number of Topliss-reactive ketones (excluding diaryl/α,β-unsaturated/α-hetero) is 1. The van der Waals surface area contributed by atoms with E-state index in [1.54, 1.807) is 28.7 Å². The third kappa shape index (κ3) is 2.11.